The first kappa shape index (κ1) is 24.0. The molecule has 1 aliphatic carbocycles. The van der Waals surface area contributed by atoms with Crippen molar-refractivity contribution in [3.05, 3.63) is 70.1 Å². The third kappa shape index (κ3) is 3.74. The topological polar surface area (TPSA) is 74.6 Å². The van der Waals surface area contributed by atoms with Crippen molar-refractivity contribution in [2.75, 3.05) is 26.6 Å². The van der Waals surface area contributed by atoms with Gasteiger partial charge in [0.25, 0.3) is 0 Å². The second kappa shape index (κ2) is 8.73. The molecule has 0 bridgehead atoms. The van der Waals surface area contributed by atoms with Gasteiger partial charge in [-0.1, -0.05) is 37.6 Å². The molecule has 0 saturated carbocycles. The zero-order valence-electron chi connectivity index (χ0n) is 22.0. The molecule has 5 rings (SSSR count). The number of aryl methyl sites for hydroxylation is 2. The number of Topliss-reactive ketones (excluding diaryl/α,β-unsaturated/α-hetero) is 1. The van der Waals surface area contributed by atoms with Crippen LogP contribution in [-0.4, -0.2) is 36.9 Å². The molecular formula is C29H33N3O4. The normalized spacial score (nSPS) is 18.3. The van der Waals surface area contributed by atoms with Crippen LogP contribution < -0.4 is 19.5 Å². The highest BCUT2D eigenvalue weighted by Crippen LogP contribution is 2.54. The number of hydrogen-bond donors (Lipinski definition) is 1. The van der Waals surface area contributed by atoms with Crippen LogP contribution in [0, 0.1) is 19.3 Å². The van der Waals surface area contributed by atoms with E-state index in [1.54, 1.807) is 21.3 Å². The highest BCUT2D eigenvalue weighted by molar-refractivity contribution is 6.02. The number of aromatic nitrogens is 2. The van der Waals surface area contributed by atoms with Crippen molar-refractivity contribution >= 4 is 11.6 Å². The Morgan fingerprint density at radius 2 is 1.64 bits per heavy atom. The Balaban J connectivity index is 1.80. The monoisotopic (exact) mass is 487 g/mol. The molecule has 2 aromatic carbocycles. The number of ketones is 1. The molecule has 2 heterocycles. The summed E-state index contributed by atoms with van der Waals surface area (Å²) < 4.78 is 19.1. The van der Waals surface area contributed by atoms with Gasteiger partial charge >= 0.3 is 0 Å². The Kier molecular flexibility index (Phi) is 5.81. The van der Waals surface area contributed by atoms with E-state index in [0.717, 1.165) is 46.0 Å². The Morgan fingerprint density at radius 3 is 2.28 bits per heavy atom. The lowest BCUT2D eigenvalue weighted by atomic mass is 9.69. The lowest BCUT2D eigenvalue weighted by Gasteiger charge is -2.39. The summed E-state index contributed by atoms with van der Waals surface area (Å²) in [4.78, 5) is 13.7. The van der Waals surface area contributed by atoms with E-state index in [2.05, 4.69) is 50.4 Å². The van der Waals surface area contributed by atoms with Crippen molar-refractivity contribution in [2.24, 2.45) is 5.41 Å². The van der Waals surface area contributed by atoms with Gasteiger partial charge in [0.2, 0.25) is 5.75 Å². The fraction of sp³-hybridized carbons (Fsp3) is 0.379. The molecule has 0 spiro atoms. The number of rotatable bonds is 5. The van der Waals surface area contributed by atoms with Gasteiger partial charge < -0.3 is 19.5 Å². The van der Waals surface area contributed by atoms with Gasteiger partial charge in [0.15, 0.2) is 17.3 Å². The molecule has 1 N–H and O–H groups in total. The Bertz CT molecular complexity index is 1380. The van der Waals surface area contributed by atoms with Gasteiger partial charge in [-0.15, -0.1) is 0 Å². The van der Waals surface area contributed by atoms with Crippen LogP contribution in [-0.2, 0) is 4.79 Å². The van der Waals surface area contributed by atoms with E-state index >= 15 is 0 Å². The second-order valence-corrected chi connectivity index (χ2v) is 10.4. The van der Waals surface area contributed by atoms with Crippen LogP contribution in [0.3, 0.4) is 0 Å². The van der Waals surface area contributed by atoms with Crippen LogP contribution in [0.25, 0.3) is 5.69 Å². The Hall–Kier alpha value is -3.74. The summed E-state index contributed by atoms with van der Waals surface area (Å²) >= 11 is 0. The first-order chi connectivity index (χ1) is 17.2. The maximum atomic E-state index is 13.7. The molecule has 1 atom stereocenters. The molecule has 188 valence electrons. The number of hydrogen-bond acceptors (Lipinski definition) is 6. The smallest absolute Gasteiger partial charge is 0.203 e. The number of nitrogens with one attached hydrogen (secondary N) is 1. The standard InChI is InChI=1S/C29H33N3O4/c1-16-8-10-18(11-9-16)32-28-23(17(2)31-32)24(25-20(30-28)14-29(3,4)15-21(25)33)19-12-13-22(34-5)27(36-7)26(19)35-6/h8-13,24,30H,14-15H2,1-7H3. The quantitative estimate of drug-likeness (QED) is 0.497. The molecule has 0 radical (unpaired) electrons. The van der Waals surface area contributed by atoms with Crippen LogP contribution in [0.15, 0.2) is 47.7 Å². The minimum atomic E-state index is -0.353. The summed E-state index contributed by atoms with van der Waals surface area (Å²) in [5.41, 5.74) is 6.39. The van der Waals surface area contributed by atoms with Gasteiger partial charge in [0.1, 0.15) is 5.82 Å². The van der Waals surface area contributed by atoms with Gasteiger partial charge in [-0.05, 0) is 43.9 Å². The fourth-order valence-corrected chi connectivity index (χ4v) is 5.61. The van der Waals surface area contributed by atoms with Crippen molar-refractivity contribution in [3.63, 3.8) is 0 Å². The number of anilines is 1. The van der Waals surface area contributed by atoms with E-state index in [1.807, 2.05) is 23.7 Å². The predicted molar refractivity (Wildman–Crippen MR) is 140 cm³/mol. The first-order valence-electron chi connectivity index (χ1n) is 12.2. The minimum Gasteiger partial charge on any atom is -0.493 e. The van der Waals surface area contributed by atoms with Gasteiger partial charge in [-0.2, -0.15) is 5.10 Å². The number of nitrogens with zero attached hydrogens (tertiary/aromatic N) is 2. The number of ether oxygens (including phenoxy) is 3. The van der Waals surface area contributed by atoms with Gasteiger partial charge in [-0.3, -0.25) is 4.79 Å². The lowest BCUT2D eigenvalue weighted by molar-refractivity contribution is -0.118. The van der Waals surface area contributed by atoms with Crippen molar-refractivity contribution < 1.29 is 19.0 Å². The summed E-state index contributed by atoms with van der Waals surface area (Å²) in [7, 11) is 4.81. The Labute approximate surface area is 212 Å². The van der Waals surface area contributed by atoms with E-state index in [0.29, 0.717) is 23.7 Å². The zero-order chi connectivity index (χ0) is 25.8. The lowest BCUT2D eigenvalue weighted by Crippen LogP contribution is -2.34. The summed E-state index contributed by atoms with van der Waals surface area (Å²) in [6.07, 6.45) is 1.25. The summed E-state index contributed by atoms with van der Waals surface area (Å²) in [6, 6.07) is 12.1. The highest BCUT2D eigenvalue weighted by Gasteiger charge is 2.44. The molecule has 0 amide bonds. The minimum absolute atomic E-state index is 0.142. The van der Waals surface area contributed by atoms with Gasteiger partial charge in [0, 0.05) is 34.7 Å². The van der Waals surface area contributed by atoms with Crippen LogP contribution in [0.1, 0.15) is 55.0 Å². The van der Waals surface area contributed by atoms with Gasteiger partial charge in [-0.25, -0.2) is 4.68 Å². The molecule has 36 heavy (non-hydrogen) atoms. The van der Waals surface area contributed by atoms with E-state index in [9.17, 15) is 4.79 Å². The maximum Gasteiger partial charge on any atom is 0.203 e. The Morgan fingerprint density at radius 1 is 0.944 bits per heavy atom. The molecule has 7 nitrogen and oxygen atoms in total. The number of methoxy groups -OCH3 is 3. The van der Waals surface area contributed by atoms with E-state index < -0.39 is 0 Å². The van der Waals surface area contributed by atoms with Gasteiger partial charge in [0.05, 0.1) is 32.7 Å². The number of benzene rings is 2. The van der Waals surface area contributed by atoms with Crippen molar-refractivity contribution in [1.29, 1.82) is 0 Å². The molecule has 1 aliphatic heterocycles. The second-order valence-electron chi connectivity index (χ2n) is 10.4. The van der Waals surface area contributed by atoms with Crippen LogP contribution >= 0.6 is 0 Å². The van der Waals surface area contributed by atoms with Crippen molar-refractivity contribution in [3.8, 4) is 22.9 Å². The van der Waals surface area contributed by atoms with E-state index in [-0.39, 0.29) is 17.1 Å². The largest absolute Gasteiger partial charge is 0.493 e. The van der Waals surface area contributed by atoms with E-state index in [1.165, 1.54) is 5.56 Å². The third-order valence-corrected chi connectivity index (χ3v) is 7.20. The van der Waals surface area contributed by atoms with Crippen molar-refractivity contribution in [1.82, 2.24) is 9.78 Å². The molecule has 3 aromatic rings. The molecule has 1 aromatic heterocycles. The predicted octanol–water partition coefficient (Wildman–Crippen LogP) is 5.72. The van der Waals surface area contributed by atoms with Crippen molar-refractivity contribution in [2.45, 2.75) is 46.5 Å². The number of carbonyl (C=O) groups excluding carboxylic acids is 1. The summed E-state index contributed by atoms with van der Waals surface area (Å²) in [6.45, 7) is 8.34. The molecule has 7 heteroatoms. The summed E-state index contributed by atoms with van der Waals surface area (Å²) in [5.74, 6) is 2.30. The van der Waals surface area contributed by atoms with Crippen LogP contribution in [0.4, 0.5) is 5.82 Å². The first-order valence-corrected chi connectivity index (χ1v) is 12.2. The zero-order valence-corrected chi connectivity index (χ0v) is 22.0. The molecule has 0 fully saturated rings. The maximum absolute atomic E-state index is 13.7. The molecular weight excluding hydrogens is 454 g/mol. The summed E-state index contributed by atoms with van der Waals surface area (Å²) in [5, 5.41) is 8.58. The fourth-order valence-electron chi connectivity index (χ4n) is 5.61. The number of carbonyl (C=O) groups is 1. The molecule has 0 saturated heterocycles. The SMILES string of the molecule is COc1ccc(C2C3=C(CC(C)(C)CC3=O)Nc3c2c(C)nn3-c2ccc(C)cc2)c(OC)c1OC. The van der Waals surface area contributed by atoms with Crippen LogP contribution in [0.2, 0.25) is 0 Å². The number of allylic oxidation sites excluding steroid dienone is 2. The highest BCUT2D eigenvalue weighted by atomic mass is 16.5. The van der Waals surface area contributed by atoms with Crippen LogP contribution in [0.5, 0.6) is 17.2 Å². The van der Waals surface area contributed by atoms with E-state index in [4.69, 9.17) is 19.3 Å². The molecule has 1 unspecified atom stereocenters. The molecule has 2 aliphatic rings. The third-order valence-electron chi connectivity index (χ3n) is 7.20. The average molecular weight is 488 g/mol. The number of fused-ring (bicyclic) bond motifs is 1. The average Bonchev–Trinajstić information content (AvgIpc) is 3.17.